The zero-order valence-corrected chi connectivity index (χ0v) is 24.5. The van der Waals surface area contributed by atoms with Crippen LogP contribution in [0.4, 0.5) is 25.0 Å². The van der Waals surface area contributed by atoms with Crippen molar-refractivity contribution >= 4 is 29.3 Å². The number of fused-ring (bicyclic) bond motifs is 2. The normalized spacial score (nSPS) is 19.4. The first-order valence-electron chi connectivity index (χ1n) is 14.4. The SMILES string of the molecule is CC(C)(C)OC(=O)N1CCC(N2C(=O)COc3ncc(F)cc32)CC1.O=C1COc2ncc(F)cc2N1C1CCNCC1. The molecule has 232 valence electrons. The summed E-state index contributed by atoms with van der Waals surface area (Å²) in [6, 6.07) is 2.56. The quantitative estimate of drug-likeness (QED) is 0.552. The van der Waals surface area contributed by atoms with Crippen molar-refractivity contribution in [1.82, 2.24) is 20.2 Å². The van der Waals surface area contributed by atoms with E-state index in [0.717, 1.165) is 38.3 Å². The number of hydrogen-bond acceptors (Lipinski definition) is 9. The first kappa shape index (κ1) is 30.4. The molecule has 0 bridgehead atoms. The first-order valence-corrected chi connectivity index (χ1v) is 14.4. The lowest BCUT2D eigenvalue weighted by Gasteiger charge is -2.40. The van der Waals surface area contributed by atoms with Gasteiger partial charge in [0.25, 0.3) is 11.8 Å². The fourth-order valence-corrected chi connectivity index (χ4v) is 5.57. The molecule has 3 amide bonds. The maximum atomic E-state index is 13.6. The Bertz CT molecular complexity index is 1360. The molecule has 0 radical (unpaired) electrons. The monoisotopic (exact) mass is 602 g/mol. The van der Waals surface area contributed by atoms with Crippen molar-refractivity contribution in [2.24, 2.45) is 0 Å². The summed E-state index contributed by atoms with van der Waals surface area (Å²) < 4.78 is 42.7. The van der Waals surface area contributed by atoms with Gasteiger partial charge in [0.05, 0.1) is 12.4 Å². The van der Waals surface area contributed by atoms with E-state index in [1.807, 2.05) is 20.8 Å². The van der Waals surface area contributed by atoms with Gasteiger partial charge in [0.1, 0.15) is 28.6 Å². The van der Waals surface area contributed by atoms with Crippen LogP contribution in [-0.4, -0.2) is 89.9 Å². The Morgan fingerprint density at radius 3 is 1.79 bits per heavy atom. The average molecular weight is 603 g/mol. The van der Waals surface area contributed by atoms with Gasteiger partial charge in [-0.2, -0.15) is 0 Å². The highest BCUT2D eigenvalue weighted by atomic mass is 19.1. The second-order valence-corrected chi connectivity index (χ2v) is 11.7. The Hall–Kier alpha value is -4.07. The second-order valence-electron chi connectivity index (χ2n) is 11.7. The number of rotatable bonds is 2. The van der Waals surface area contributed by atoms with E-state index in [4.69, 9.17) is 14.2 Å². The predicted molar refractivity (Wildman–Crippen MR) is 151 cm³/mol. The van der Waals surface area contributed by atoms with E-state index in [9.17, 15) is 23.2 Å². The molecule has 12 nitrogen and oxygen atoms in total. The summed E-state index contributed by atoms with van der Waals surface area (Å²) in [5.74, 6) is -0.721. The molecule has 0 aromatic carbocycles. The summed E-state index contributed by atoms with van der Waals surface area (Å²) in [4.78, 5) is 49.1. The molecule has 0 spiro atoms. The number of anilines is 2. The van der Waals surface area contributed by atoms with Gasteiger partial charge >= 0.3 is 6.09 Å². The minimum Gasteiger partial charge on any atom is -0.466 e. The van der Waals surface area contributed by atoms with E-state index in [2.05, 4.69) is 15.3 Å². The van der Waals surface area contributed by atoms with Crippen LogP contribution in [-0.2, 0) is 14.3 Å². The fraction of sp³-hybridized carbons (Fsp3) is 0.552. The zero-order valence-electron chi connectivity index (χ0n) is 24.5. The molecule has 2 fully saturated rings. The van der Waals surface area contributed by atoms with Gasteiger partial charge in [-0.1, -0.05) is 0 Å². The number of carbonyl (C=O) groups excluding carboxylic acids is 3. The van der Waals surface area contributed by atoms with Crippen molar-refractivity contribution in [2.75, 3.05) is 49.2 Å². The third kappa shape index (κ3) is 7.12. The second kappa shape index (κ2) is 12.7. The third-order valence-corrected chi connectivity index (χ3v) is 7.47. The lowest BCUT2D eigenvalue weighted by molar-refractivity contribution is -0.122. The number of ether oxygens (including phenoxy) is 3. The highest BCUT2D eigenvalue weighted by Crippen LogP contribution is 2.35. The summed E-state index contributed by atoms with van der Waals surface area (Å²) >= 11 is 0. The molecule has 0 atom stereocenters. The van der Waals surface area contributed by atoms with Crippen molar-refractivity contribution in [3.63, 3.8) is 0 Å². The van der Waals surface area contributed by atoms with Crippen LogP contribution < -0.4 is 24.6 Å². The van der Waals surface area contributed by atoms with E-state index in [0.29, 0.717) is 43.2 Å². The van der Waals surface area contributed by atoms with Gasteiger partial charge < -0.3 is 34.2 Å². The molecule has 6 rings (SSSR count). The number of carbonyl (C=O) groups is 3. The Kier molecular flexibility index (Phi) is 8.95. The number of nitrogens with zero attached hydrogens (tertiary/aromatic N) is 5. The summed E-state index contributed by atoms with van der Waals surface area (Å²) in [6.07, 6.45) is 4.71. The number of nitrogens with one attached hydrogen (secondary N) is 1. The lowest BCUT2D eigenvalue weighted by atomic mass is 10.0. The standard InChI is InChI=1S/C17H22FN3O4.C12H14FN3O2/c1-17(2,3)25-16(23)20-6-4-12(5-7-20)21-13-8-11(18)9-19-15(13)24-10-14(21)22;13-8-5-10-12(15-6-8)18-7-11(17)16(10)9-1-3-14-4-2-9/h8-9,12H,4-7,10H2,1-3H3;5-6,9,14H,1-4,7H2. The van der Waals surface area contributed by atoms with Gasteiger partial charge in [0.15, 0.2) is 13.2 Å². The van der Waals surface area contributed by atoms with Gasteiger partial charge in [0, 0.05) is 37.3 Å². The van der Waals surface area contributed by atoms with Crippen LogP contribution in [0.2, 0.25) is 0 Å². The smallest absolute Gasteiger partial charge is 0.410 e. The van der Waals surface area contributed by atoms with Crippen molar-refractivity contribution in [2.45, 2.75) is 64.1 Å². The molecule has 0 saturated carbocycles. The molecule has 0 aliphatic carbocycles. The molecular formula is C29H36F2N6O6. The Morgan fingerprint density at radius 1 is 0.860 bits per heavy atom. The zero-order chi connectivity index (χ0) is 30.7. The van der Waals surface area contributed by atoms with Crippen molar-refractivity contribution in [1.29, 1.82) is 0 Å². The van der Waals surface area contributed by atoms with Gasteiger partial charge in [0.2, 0.25) is 11.8 Å². The number of aromatic nitrogens is 2. The van der Waals surface area contributed by atoms with Gasteiger partial charge in [-0.25, -0.2) is 23.5 Å². The number of pyridine rings is 2. The molecule has 2 saturated heterocycles. The van der Waals surface area contributed by atoms with Gasteiger partial charge in [-0.15, -0.1) is 0 Å². The highest BCUT2D eigenvalue weighted by molar-refractivity contribution is 5.98. The summed E-state index contributed by atoms with van der Waals surface area (Å²) in [5.41, 5.74) is 0.265. The Labute approximate surface area is 248 Å². The molecule has 14 heteroatoms. The molecule has 2 aromatic rings. The minimum atomic E-state index is -0.545. The minimum absolute atomic E-state index is 0.0183. The van der Waals surface area contributed by atoms with E-state index in [-0.39, 0.29) is 49.1 Å². The third-order valence-electron chi connectivity index (χ3n) is 7.47. The number of amides is 3. The van der Waals surface area contributed by atoms with Crippen molar-refractivity contribution < 1.29 is 37.4 Å². The maximum Gasteiger partial charge on any atom is 0.410 e. The number of piperidine rings is 2. The summed E-state index contributed by atoms with van der Waals surface area (Å²) in [5, 5.41) is 3.25. The van der Waals surface area contributed by atoms with Crippen LogP contribution in [0.25, 0.3) is 0 Å². The Balaban J connectivity index is 0.000000180. The largest absolute Gasteiger partial charge is 0.466 e. The molecule has 2 aromatic heterocycles. The molecular weight excluding hydrogens is 566 g/mol. The van der Waals surface area contributed by atoms with E-state index in [1.54, 1.807) is 14.7 Å². The predicted octanol–water partition coefficient (Wildman–Crippen LogP) is 3.04. The van der Waals surface area contributed by atoms with Crippen LogP contribution in [0.15, 0.2) is 24.5 Å². The van der Waals surface area contributed by atoms with Crippen LogP contribution in [0.3, 0.4) is 0 Å². The Morgan fingerprint density at radius 2 is 1.33 bits per heavy atom. The first-order chi connectivity index (χ1) is 20.5. The number of halogens is 2. The number of hydrogen-bond donors (Lipinski definition) is 1. The molecule has 4 aliphatic heterocycles. The van der Waals surface area contributed by atoms with Crippen LogP contribution >= 0.6 is 0 Å². The van der Waals surface area contributed by atoms with Crippen LogP contribution in [0, 0.1) is 11.6 Å². The number of likely N-dealkylation sites (tertiary alicyclic amines) is 1. The summed E-state index contributed by atoms with van der Waals surface area (Å²) in [6.45, 7) is 8.02. The average Bonchev–Trinajstić information content (AvgIpc) is 2.97. The van der Waals surface area contributed by atoms with Crippen LogP contribution in [0.5, 0.6) is 11.8 Å². The van der Waals surface area contributed by atoms with Gasteiger partial charge in [-0.05, 0) is 59.5 Å². The molecule has 1 N–H and O–H groups in total. The molecule has 0 unspecified atom stereocenters. The van der Waals surface area contributed by atoms with E-state index in [1.165, 1.54) is 12.1 Å². The van der Waals surface area contributed by atoms with Crippen LogP contribution in [0.1, 0.15) is 46.5 Å². The van der Waals surface area contributed by atoms with Crippen molar-refractivity contribution in [3.05, 3.63) is 36.2 Å². The fourth-order valence-electron chi connectivity index (χ4n) is 5.57. The lowest BCUT2D eigenvalue weighted by Crippen LogP contribution is -2.52. The molecule has 43 heavy (non-hydrogen) atoms. The maximum absolute atomic E-state index is 13.6. The molecule has 4 aliphatic rings. The van der Waals surface area contributed by atoms with E-state index < -0.39 is 17.2 Å². The summed E-state index contributed by atoms with van der Waals surface area (Å²) in [7, 11) is 0. The van der Waals surface area contributed by atoms with E-state index >= 15 is 0 Å². The topological polar surface area (TPSA) is 126 Å². The molecule has 6 heterocycles. The van der Waals surface area contributed by atoms with Crippen molar-refractivity contribution in [3.8, 4) is 11.8 Å². The van der Waals surface area contributed by atoms with Gasteiger partial charge in [-0.3, -0.25) is 9.59 Å². The highest BCUT2D eigenvalue weighted by Gasteiger charge is 2.37.